The number of aromatic amines is 1. The van der Waals surface area contributed by atoms with E-state index in [2.05, 4.69) is 31.2 Å². The first-order valence-electron chi connectivity index (χ1n) is 7.05. The fourth-order valence-corrected chi connectivity index (χ4v) is 2.96. The highest BCUT2D eigenvalue weighted by molar-refractivity contribution is 9.10. The topological polar surface area (TPSA) is 70.9 Å². The van der Waals surface area contributed by atoms with E-state index in [1.165, 1.54) is 0 Å². The monoisotopic (exact) mass is 369 g/mol. The first kappa shape index (κ1) is 14.0. The molecule has 2 heterocycles. The summed E-state index contributed by atoms with van der Waals surface area (Å²) in [5.74, 6) is 0.430. The number of anilines is 1. The molecule has 0 unspecified atom stereocenters. The highest BCUT2D eigenvalue weighted by atomic mass is 79.9. The summed E-state index contributed by atoms with van der Waals surface area (Å²) in [4.78, 5) is 19.9. The number of halogens is 1. The largest absolute Gasteiger partial charge is 0.441 e. The molecule has 0 saturated heterocycles. The van der Waals surface area contributed by atoms with Crippen LogP contribution in [0.2, 0.25) is 0 Å². The molecule has 0 aliphatic carbocycles. The van der Waals surface area contributed by atoms with Gasteiger partial charge in [0.1, 0.15) is 5.52 Å². The molecule has 0 aliphatic rings. The van der Waals surface area contributed by atoms with Gasteiger partial charge in [0.25, 0.3) is 5.91 Å². The van der Waals surface area contributed by atoms with E-state index in [1.807, 2.05) is 18.2 Å². The maximum Gasteiger partial charge on any atom is 0.257 e. The minimum atomic E-state index is -0.172. The number of aryl methyl sites for hydroxylation is 1. The van der Waals surface area contributed by atoms with Crippen LogP contribution in [0.25, 0.3) is 22.0 Å². The van der Waals surface area contributed by atoms with E-state index >= 15 is 0 Å². The van der Waals surface area contributed by atoms with Crippen LogP contribution < -0.4 is 5.32 Å². The van der Waals surface area contributed by atoms with E-state index in [9.17, 15) is 4.79 Å². The fraction of sp³-hybridized carbons (Fsp3) is 0.0588. The Kier molecular flexibility index (Phi) is 3.20. The second-order valence-corrected chi connectivity index (χ2v) is 6.18. The SMILES string of the molecule is Cc1nc2cc(NC(=O)c3c[nH]c4ccc(Br)cc34)ccc2o1. The lowest BCUT2D eigenvalue weighted by atomic mass is 10.1. The molecule has 0 saturated carbocycles. The van der Waals surface area contributed by atoms with Crippen molar-refractivity contribution in [2.24, 2.45) is 0 Å². The summed E-state index contributed by atoms with van der Waals surface area (Å²) in [7, 11) is 0. The lowest BCUT2D eigenvalue weighted by molar-refractivity contribution is 0.102. The van der Waals surface area contributed by atoms with Crippen LogP contribution in [-0.2, 0) is 0 Å². The summed E-state index contributed by atoms with van der Waals surface area (Å²) < 4.78 is 6.37. The number of nitrogens with one attached hydrogen (secondary N) is 2. The van der Waals surface area contributed by atoms with E-state index < -0.39 is 0 Å². The number of nitrogens with zero attached hydrogens (tertiary/aromatic N) is 1. The normalized spacial score (nSPS) is 11.2. The van der Waals surface area contributed by atoms with Crippen LogP contribution >= 0.6 is 15.9 Å². The fourth-order valence-electron chi connectivity index (χ4n) is 2.60. The number of H-pyrrole nitrogens is 1. The van der Waals surface area contributed by atoms with Gasteiger partial charge in [-0.15, -0.1) is 0 Å². The molecule has 0 bridgehead atoms. The van der Waals surface area contributed by atoms with Crippen molar-refractivity contribution in [1.82, 2.24) is 9.97 Å². The smallest absolute Gasteiger partial charge is 0.257 e. The van der Waals surface area contributed by atoms with Crippen LogP contribution in [0.4, 0.5) is 5.69 Å². The molecule has 6 heteroatoms. The molecular formula is C17H12BrN3O2. The Hall–Kier alpha value is -2.60. The highest BCUT2D eigenvalue weighted by Gasteiger charge is 2.13. The number of hydrogen-bond acceptors (Lipinski definition) is 3. The first-order chi connectivity index (χ1) is 11.1. The maximum absolute atomic E-state index is 12.6. The van der Waals surface area contributed by atoms with Gasteiger partial charge in [0, 0.05) is 34.2 Å². The third-order valence-electron chi connectivity index (χ3n) is 3.64. The second-order valence-electron chi connectivity index (χ2n) is 5.26. The molecule has 5 nitrogen and oxygen atoms in total. The summed E-state index contributed by atoms with van der Waals surface area (Å²) >= 11 is 3.43. The van der Waals surface area contributed by atoms with Gasteiger partial charge in [-0.2, -0.15) is 0 Å². The van der Waals surface area contributed by atoms with Gasteiger partial charge in [-0.3, -0.25) is 4.79 Å². The number of hydrogen-bond donors (Lipinski definition) is 2. The van der Waals surface area contributed by atoms with E-state index in [4.69, 9.17) is 4.42 Å². The zero-order chi connectivity index (χ0) is 16.0. The molecule has 23 heavy (non-hydrogen) atoms. The van der Waals surface area contributed by atoms with Crippen molar-refractivity contribution < 1.29 is 9.21 Å². The predicted octanol–water partition coefficient (Wildman–Crippen LogP) is 4.63. The zero-order valence-electron chi connectivity index (χ0n) is 12.2. The van der Waals surface area contributed by atoms with Crippen LogP contribution in [-0.4, -0.2) is 15.9 Å². The molecule has 2 aromatic heterocycles. The Bertz CT molecular complexity index is 1050. The van der Waals surface area contributed by atoms with Gasteiger partial charge >= 0.3 is 0 Å². The number of fused-ring (bicyclic) bond motifs is 2. The van der Waals surface area contributed by atoms with Crippen LogP contribution in [0.1, 0.15) is 16.2 Å². The average Bonchev–Trinajstić information content (AvgIpc) is 3.08. The Labute approximate surface area is 139 Å². The summed E-state index contributed by atoms with van der Waals surface area (Å²) in [6, 6.07) is 11.2. The van der Waals surface area contributed by atoms with Gasteiger partial charge in [-0.05, 0) is 36.4 Å². The lowest BCUT2D eigenvalue weighted by Crippen LogP contribution is -2.11. The summed E-state index contributed by atoms with van der Waals surface area (Å²) in [5.41, 5.74) is 3.62. The minimum Gasteiger partial charge on any atom is -0.441 e. The molecule has 1 amide bonds. The van der Waals surface area contributed by atoms with Crippen LogP contribution in [0.15, 0.2) is 51.5 Å². The van der Waals surface area contributed by atoms with Gasteiger partial charge in [-0.25, -0.2) is 4.98 Å². The molecule has 4 rings (SSSR count). The van der Waals surface area contributed by atoms with Crippen LogP contribution in [0.5, 0.6) is 0 Å². The van der Waals surface area contributed by atoms with Crippen molar-refractivity contribution in [1.29, 1.82) is 0 Å². The molecule has 2 aromatic carbocycles. The van der Waals surface area contributed by atoms with E-state index in [1.54, 1.807) is 31.3 Å². The lowest BCUT2D eigenvalue weighted by Gasteiger charge is -2.04. The third-order valence-corrected chi connectivity index (χ3v) is 4.13. The number of amides is 1. The highest BCUT2D eigenvalue weighted by Crippen LogP contribution is 2.24. The van der Waals surface area contributed by atoms with Gasteiger partial charge in [0.05, 0.1) is 5.56 Å². The maximum atomic E-state index is 12.6. The average molecular weight is 370 g/mol. The molecule has 0 aliphatic heterocycles. The van der Waals surface area contributed by atoms with E-state index in [0.717, 1.165) is 20.9 Å². The molecule has 114 valence electrons. The van der Waals surface area contributed by atoms with Crippen molar-refractivity contribution in [2.45, 2.75) is 6.92 Å². The minimum absolute atomic E-state index is 0.172. The number of oxazole rings is 1. The van der Waals surface area contributed by atoms with Crippen LogP contribution in [0.3, 0.4) is 0 Å². The molecule has 4 aromatic rings. The van der Waals surface area contributed by atoms with Crippen LogP contribution in [0, 0.1) is 6.92 Å². The van der Waals surface area contributed by atoms with E-state index in [-0.39, 0.29) is 5.91 Å². The number of carbonyl (C=O) groups excluding carboxylic acids is 1. The molecular weight excluding hydrogens is 358 g/mol. The van der Waals surface area contributed by atoms with Crippen molar-refractivity contribution in [3.05, 3.63) is 58.5 Å². The van der Waals surface area contributed by atoms with Gasteiger partial charge < -0.3 is 14.7 Å². The quantitative estimate of drug-likeness (QED) is 0.540. The molecule has 0 spiro atoms. The standard InChI is InChI=1S/C17H12BrN3O2/c1-9-20-15-7-11(3-5-16(15)23-9)21-17(22)13-8-19-14-4-2-10(18)6-12(13)14/h2-8,19H,1H3,(H,21,22). The first-order valence-corrected chi connectivity index (χ1v) is 7.84. The number of carbonyl (C=O) groups is 1. The molecule has 0 fully saturated rings. The van der Waals surface area contributed by atoms with Gasteiger partial charge in [0.2, 0.25) is 0 Å². The predicted molar refractivity (Wildman–Crippen MR) is 92.7 cm³/mol. The Morgan fingerprint density at radius 1 is 1.26 bits per heavy atom. The van der Waals surface area contributed by atoms with Gasteiger partial charge in [-0.1, -0.05) is 15.9 Å². The van der Waals surface area contributed by atoms with Crippen molar-refractivity contribution in [2.75, 3.05) is 5.32 Å². The third kappa shape index (κ3) is 2.51. The summed E-state index contributed by atoms with van der Waals surface area (Å²) in [5, 5.41) is 3.77. The van der Waals surface area contributed by atoms with Crippen molar-refractivity contribution in [3.8, 4) is 0 Å². The summed E-state index contributed by atoms with van der Waals surface area (Å²) in [6.45, 7) is 1.79. The molecule has 0 radical (unpaired) electrons. The van der Waals surface area contributed by atoms with Crippen molar-refractivity contribution >= 4 is 49.5 Å². The number of benzene rings is 2. The zero-order valence-corrected chi connectivity index (χ0v) is 13.8. The number of aromatic nitrogens is 2. The summed E-state index contributed by atoms with van der Waals surface area (Å²) in [6.07, 6.45) is 1.71. The molecule has 0 atom stereocenters. The second kappa shape index (κ2) is 5.24. The van der Waals surface area contributed by atoms with Crippen molar-refractivity contribution in [3.63, 3.8) is 0 Å². The van der Waals surface area contributed by atoms with E-state index in [0.29, 0.717) is 22.7 Å². The Morgan fingerprint density at radius 3 is 3.00 bits per heavy atom. The number of rotatable bonds is 2. The molecule has 2 N–H and O–H groups in total. The van der Waals surface area contributed by atoms with Gasteiger partial charge in [0.15, 0.2) is 11.5 Å². The Morgan fingerprint density at radius 2 is 2.13 bits per heavy atom. The Balaban J connectivity index is 1.68.